The molecule has 4 nitrogen and oxygen atoms in total. The van der Waals surface area contributed by atoms with Gasteiger partial charge in [-0.2, -0.15) is 0 Å². The van der Waals surface area contributed by atoms with Crippen molar-refractivity contribution in [1.29, 1.82) is 0 Å². The van der Waals surface area contributed by atoms with Crippen LogP contribution in [-0.4, -0.2) is 51.8 Å². The summed E-state index contributed by atoms with van der Waals surface area (Å²) in [5, 5.41) is 0. The fraction of sp³-hybridized carbons (Fsp3) is 1.00. The first kappa shape index (κ1) is 8.96. The summed E-state index contributed by atoms with van der Waals surface area (Å²) in [6.07, 6.45) is 1.25. The normalized spacial score (nSPS) is 21.9. The maximum absolute atomic E-state index is 10.8. The van der Waals surface area contributed by atoms with Crippen LogP contribution in [0.25, 0.3) is 0 Å². The fourth-order valence-electron chi connectivity index (χ4n) is 1.06. The molecule has 0 aromatic heterocycles. The summed E-state index contributed by atoms with van der Waals surface area (Å²) in [4.78, 5) is 1.89. The summed E-state index contributed by atoms with van der Waals surface area (Å²) < 4.78 is 26.7. The Morgan fingerprint density at radius 1 is 1.36 bits per heavy atom. The molecule has 11 heavy (non-hydrogen) atoms. The van der Waals surface area contributed by atoms with Crippen molar-refractivity contribution in [3.63, 3.8) is 0 Å². The van der Waals surface area contributed by atoms with Gasteiger partial charge < -0.3 is 4.74 Å². The topological polar surface area (TPSA) is 46.6 Å². The molecule has 0 aromatic carbocycles. The molecule has 0 spiro atoms. The van der Waals surface area contributed by atoms with Crippen molar-refractivity contribution in [2.24, 2.45) is 0 Å². The quantitative estimate of drug-likeness (QED) is 0.563. The molecule has 0 unspecified atom stereocenters. The minimum Gasteiger partial charge on any atom is -0.379 e. The van der Waals surface area contributed by atoms with Crippen molar-refractivity contribution >= 4 is 9.84 Å². The smallest absolute Gasteiger partial charge is 0.160 e. The Morgan fingerprint density at radius 2 is 1.91 bits per heavy atom. The molecule has 1 aliphatic rings. The standard InChI is InChI=1S/C6H13NO3S/c1-11(8,9)6-7-2-4-10-5-3-7/h2-6H2,1H3. The fourth-order valence-corrected chi connectivity index (χ4v) is 1.98. The van der Waals surface area contributed by atoms with Gasteiger partial charge in [0.25, 0.3) is 0 Å². The van der Waals surface area contributed by atoms with Gasteiger partial charge in [-0.25, -0.2) is 8.42 Å². The highest BCUT2D eigenvalue weighted by Crippen LogP contribution is 1.98. The Balaban J connectivity index is 2.36. The second kappa shape index (κ2) is 3.51. The third-order valence-electron chi connectivity index (χ3n) is 1.52. The molecule has 0 radical (unpaired) electrons. The number of nitrogens with zero attached hydrogens (tertiary/aromatic N) is 1. The average molecular weight is 179 g/mol. The number of rotatable bonds is 2. The highest BCUT2D eigenvalue weighted by molar-refractivity contribution is 7.90. The van der Waals surface area contributed by atoms with Crippen LogP contribution in [0.2, 0.25) is 0 Å². The minimum atomic E-state index is -2.85. The van der Waals surface area contributed by atoms with E-state index in [1.165, 1.54) is 6.26 Å². The van der Waals surface area contributed by atoms with E-state index in [0.29, 0.717) is 13.2 Å². The minimum absolute atomic E-state index is 0.163. The highest BCUT2D eigenvalue weighted by Gasteiger charge is 2.14. The van der Waals surface area contributed by atoms with E-state index in [-0.39, 0.29) is 5.88 Å². The summed E-state index contributed by atoms with van der Waals surface area (Å²) in [6, 6.07) is 0. The van der Waals surface area contributed by atoms with Gasteiger partial charge in [0, 0.05) is 19.3 Å². The van der Waals surface area contributed by atoms with Crippen LogP contribution in [0.3, 0.4) is 0 Å². The second-order valence-electron chi connectivity index (χ2n) is 2.79. The SMILES string of the molecule is CS(=O)(=O)CN1CCOCC1. The largest absolute Gasteiger partial charge is 0.379 e. The van der Waals surface area contributed by atoms with Crippen LogP contribution in [0.15, 0.2) is 0 Å². The maximum atomic E-state index is 10.8. The van der Waals surface area contributed by atoms with Gasteiger partial charge in [0.2, 0.25) is 0 Å². The average Bonchev–Trinajstić information content (AvgIpc) is 1.85. The molecule has 0 aliphatic carbocycles. The Labute approximate surface area is 67.1 Å². The van der Waals surface area contributed by atoms with Crippen molar-refractivity contribution in [2.75, 3.05) is 38.4 Å². The predicted molar refractivity (Wildman–Crippen MR) is 42.1 cm³/mol. The predicted octanol–water partition coefficient (Wildman–Crippen LogP) is -0.679. The molecular weight excluding hydrogens is 166 g/mol. The molecule has 0 saturated carbocycles. The van der Waals surface area contributed by atoms with Crippen LogP contribution in [-0.2, 0) is 14.6 Å². The lowest BCUT2D eigenvalue weighted by atomic mass is 10.5. The van der Waals surface area contributed by atoms with Gasteiger partial charge >= 0.3 is 0 Å². The molecule has 1 heterocycles. The van der Waals surface area contributed by atoms with Crippen LogP contribution >= 0.6 is 0 Å². The van der Waals surface area contributed by atoms with Crippen LogP contribution in [0.5, 0.6) is 0 Å². The van der Waals surface area contributed by atoms with Crippen LogP contribution in [0.1, 0.15) is 0 Å². The molecule has 1 aliphatic heterocycles. The van der Waals surface area contributed by atoms with E-state index in [4.69, 9.17) is 4.74 Å². The summed E-state index contributed by atoms with van der Waals surface area (Å²) in [6.45, 7) is 2.76. The monoisotopic (exact) mass is 179 g/mol. The number of ether oxygens (including phenoxy) is 1. The van der Waals surface area contributed by atoms with Gasteiger partial charge in [-0.05, 0) is 0 Å². The Bertz CT molecular complexity index is 206. The van der Waals surface area contributed by atoms with Gasteiger partial charge in [-0.1, -0.05) is 0 Å². The molecule has 0 bridgehead atoms. The number of sulfone groups is 1. The summed E-state index contributed by atoms with van der Waals surface area (Å²) >= 11 is 0. The van der Waals surface area contributed by atoms with Crippen LogP contribution in [0, 0.1) is 0 Å². The Kier molecular flexibility index (Phi) is 2.86. The number of morpholine rings is 1. The van der Waals surface area contributed by atoms with Gasteiger partial charge in [-0.3, -0.25) is 4.90 Å². The first-order chi connectivity index (χ1) is 5.08. The van der Waals surface area contributed by atoms with E-state index in [1.54, 1.807) is 0 Å². The van der Waals surface area contributed by atoms with E-state index >= 15 is 0 Å². The lowest BCUT2D eigenvalue weighted by Gasteiger charge is -2.25. The maximum Gasteiger partial charge on any atom is 0.160 e. The highest BCUT2D eigenvalue weighted by atomic mass is 32.2. The van der Waals surface area contributed by atoms with E-state index in [1.807, 2.05) is 4.90 Å². The van der Waals surface area contributed by atoms with Gasteiger partial charge in [0.15, 0.2) is 9.84 Å². The van der Waals surface area contributed by atoms with Crippen molar-refractivity contribution in [3.8, 4) is 0 Å². The summed E-state index contributed by atoms with van der Waals surface area (Å²) in [7, 11) is -2.85. The van der Waals surface area contributed by atoms with E-state index < -0.39 is 9.84 Å². The Hall–Kier alpha value is -0.130. The first-order valence-corrected chi connectivity index (χ1v) is 5.62. The molecule has 0 atom stereocenters. The first-order valence-electron chi connectivity index (χ1n) is 3.56. The molecule has 1 rings (SSSR count). The molecule has 1 saturated heterocycles. The van der Waals surface area contributed by atoms with Gasteiger partial charge in [0.05, 0.1) is 13.2 Å². The van der Waals surface area contributed by atoms with Crippen LogP contribution in [0.4, 0.5) is 0 Å². The van der Waals surface area contributed by atoms with E-state index in [9.17, 15) is 8.42 Å². The van der Waals surface area contributed by atoms with Crippen molar-refractivity contribution in [3.05, 3.63) is 0 Å². The van der Waals surface area contributed by atoms with Crippen LogP contribution < -0.4 is 0 Å². The van der Waals surface area contributed by atoms with Gasteiger partial charge in [-0.15, -0.1) is 0 Å². The molecule has 0 N–H and O–H groups in total. The molecule has 5 heteroatoms. The van der Waals surface area contributed by atoms with E-state index in [0.717, 1.165) is 13.1 Å². The third-order valence-corrected chi connectivity index (χ3v) is 2.35. The molecule has 1 fully saturated rings. The van der Waals surface area contributed by atoms with Crippen molar-refractivity contribution < 1.29 is 13.2 Å². The zero-order valence-electron chi connectivity index (χ0n) is 6.62. The van der Waals surface area contributed by atoms with E-state index in [2.05, 4.69) is 0 Å². The Morgan fingerprint density at radius 3 is 2.36 bits per heavy atom. The van der Waals surface area contributed by atoms with Crippen molar-refractivity contribution in [2.45, 2.75) is 0 Å². The molecule has 0 aromatic rings. The zero-order chi connectivity index (χ0) is 8.32. The van der Waals surface area contributed by atoms with Gasteiger partial charge in [0.1, 0.15) is 5.88 Å². The molecular formula is C6H13NO3S. The lowest BCUT2D eigenvalue weighted by molar-refractivity contribution is 0.0465. The molecule has 66 valence electrons. The third kappa shape index (κ3) is 3.69. The van der Waals surface area contributed by atoms with Crippen molar-refractivity contribution in [1.82, 2.24) is 4.90 Å². The summed E-state index contributed by atoms with van der Waals surface area (Å²) in [5.41, 5.74) is 0. The molecule has 0 amide bonds. The second-order valence-corrected chi connectivity index (χ2v) is 4.89. The zero-order valence-corrected chi connectivity index (χ0v) is 7.43. The lowest BCUT2D eigenvalue weighted by Crippen LogP contribution is -2.39. The summed E-state index contributed by atoms with van der Waals surface area (Å²) in [5.74, 6) is 0.163. The number of hydrogen-bond acceptors (Lipinski definition) is 4. The number of hydrogen-bond donors (Lipinski definition) is 0.